The molecule has 2 aromatic carbocycles. The number of hydrogen-bond donors (Lipinski definition) is 3. The Morgan fingerprint density at radius 3 is 2.64 bits per heavy atom. The number of amides is 1. The first kappa shape index (κ1) is 17.2. The Morgan fingerprint density at radius 1 is 1.00 bits per heavy atom. The maximum absolute atomic E-state index is 12.8. The SMILES string of the molecule is O=C(CNCCc1ccc(F)cc1)NCCc1c[nH]c2ccccc12. The van der Waals surface area contributed by atoms with E-state index in [1.807, 2.05) is 24.4 Å². The van der Waals surface area contributed by atoms with Gasteiger partial charge in [0.05, 0.1) is 6.54 Å². The Bertz CT molecular complexity index is 826. The number of benzene rings is 2. The molecule has 0 aliphatic carbocycles. The van der Waals surface area contributed by atoms with Crippen molar-refractivity contribution in [3.05, 3.63) is 71.7 Å². The average Bonchev–Trinajstić information content (AvgIpc) is 3.04. The molecule has 1 amide bonds. The molecule has 3 aromatic rings. The van der Waals surface area contributed by atoms with Crippen LogP contribution in [0.3, 0.4) is 0 Å². The zero-order valence-electron chi connectivity index (χ0n) is 14.0. The van der Waals surface area contributed by atoms with Gasteiger partial charge in [-0.1, -0.05) is 30.3 Å². The van der Waals surface area contributed by atoms with Crippen molar-refractivity contribution in [1.29, 1.82) is 0 Å². The number of H-pyrrole nitrogens is 1. The van der Waals surface area contributed by atoms with Gasteiger partial charge in [0, 0.05) is 23.6 Å². The van der Waals surface area contributed by atoms with E-state index < -0.39 is 0 Å². The van der Waals surface area contributed by atoms with E-state index in [-0.39, 0.29) is 18.3 Å². The number of para-hydroxylation sites is 1. The molecule has 4 nitrogen and oxygen atoms in total. The van der Waals surface area contributed by atoms with Crippen LogP contribution in [0.25, 0.3) is 10.9 Å². The minimum atomic E-state index is -0.230. The summed E-state index contributed by atoms with van der Waals surface area (Å²) in [5.41, 5.74) is 3.38. The van der Waals surface area contributed by atoms with Crippen molar-refractivity contribution in [3.8, 4) is 0 Å². The van der Waals surface area contributed by atoms with Crippen LogP contribution >= 0.6 is 0 Å². The minimum Gasteiger partial charge on any atom is -0.361 e. The normalized spacial score (nSPS) is 10.9. The molecule has 1 heterocycles. The van der Waals surface area contributed by atoms with E-state index in [2.05, 4.69) is 21.7 Å². The van der Waals surface area contributed by atoms with Gasteiger partial charge in [-0.3, -0.25) is 4.79 Å². The molecular formula is C20H22FN3O. The van der Waals surface area contributed by atoms with Gasteiger partial charge in [-0.25, -0.2) is 4.39 Å². The lowest BCUT2D eigenvalue weighted by atomic mass is 10.1. The second-order valence-corrected chi connectivity index (χ2v) is 6.01. The van der Waals surface area contributed by atoms with Crippen LogP contribution in [0.2, 0.25) is 0 Å². The van der Waals surface area contributed by atoms with Crippen molar-refractivity contribution in [2.45, 2.75) is 12.8 Å². The number of rotatable bonds is 8. The molecule has 5 heteroatoms. The fourth-order valence-electron chi connectivity index (χ4n) is 2.82. The summed E-state index contributed by atoms with van der Waals surface area (Å²) in [7, 11) is 0. The second-order valence-electron chi connectivity index (χ2n) is 6.01. The third-order valence-electron chi connectivity index (χ3n) is 4.18. The number of halogens is 1. The number of carbonyl (C=O) groups excluding carboxylic acids is 1. The second kappa shape index (κ2) is 8.44. The van der Waals surface area contributed by atoms with E-state index in [1.165, 1.54) is 23.1 Å². The van der Waals surface area contributed by atoms with Crippen LogP contribution < -0.4 is 10.6 Å². The van der Waals surface area contributed by atoms with Crippen molar-refractivity contribution in [3.63, 3.8) is 0 Å². The topological polar surface area (TPSA) is 56.9 Å². The largest absolute Gasteiger partial charge is 0.361 e. The Kier molecular flexibility index (Phi) is 5.80. The van der Waals surface area contributed by atoms with Gasteiger partial charge in [-0.15, -0.1) is 0 Å². The molecule has 0 unspecified atom stereocenters. The Balaban J connectivity index is 1.33. The number of carbonyl (C=O) groups is 1. The first-order chi connectivity index (χ1) is 12.2. The van der Waals surface area contributed by atoms with Gasteiger partial charge in [0.1, 0.15) is 5.82 Å². The van der Waals surface area contributed by atoms with Gasteiger partial charge in [0.15, 0.2) is 0 Å². The van der Waals surface area contributed by atoms with Gasteiger partial charge in [0.25, 0.3) is 0 Å². The van der Waals surface area contributed by atoms with Crippen LogP contribution in [0.4, 0.5) is 4.39 Å². The lowest BCUT2D eigenvalue weighted by Gasteiger charge is -2.07. The molecule has 3 rings (SSSR count). The van der Waals surface area contributed by atoms with E-state index in [9.17, 15) is 9.18 Å². The standard InChI is InChI=1S/C20H22FN3O/c21-17-7-5-15(6-8-17)9-11-22-14-20(25)23-12-10-16-13-24-19-4-2-1-3-18(16)19/h1-8,13,22,24H,9-12,14H2,(H,23,25). The van der Waals surface area contributed by atoms with Crippen LogP contribution in [0.1, 0.15) is 11.1 Å². The highest BCUT2D eigenvalue weighted by atomic mass is 19.1. The third-order valence-corrected chi connectivity index (χ3v) is 4.18. The summed E-state index contributed by atoms with van der Waals surface area (Å²) in [6.45, 7) is 1.58. The lowest BCUT2D eigenvalue weighted by Crippen LogP contribution is -2.35. The van der Waals surface area contributed by atoms with Crippen LogP contribution in [0.5, 0.6) is 0 Å². The van der Waals surface area contributed by atoms with Gasteiger partial charge >= 0.3 is 0 Å². The number of aromatic nitrogens is 1. The predicted molar refractivity (Wildman–Crippen MR) is 98.0 cm³/mol. The number of nitrogens with one attached hydrogen (secondary N) is 3. The highest BCUT2D eigenvalue weighted by Gasteiger charge is 2.04. The first-order valence-corrected chi connectivity index (χ1v) is 8.49. The van der Waals surface area contributed by atoms with Crippen molar-refractivity contribution in [2.24, 2.45) is 0 Å². The Morgan fingerprint density at radius 2 is 1.80 bits per heavy atom. The molecule has 0 fully saturated rings. The molecule has 0 saturated carbocycles. The highest BCUT2D eigenvalue weighted by molar-refractivity contribution is 5.83. The van der Waals surface area contributed by atoms with Crippen LogP contribution in [-0.2, 0) is 17.6 Å². The van der Waals surface area contributed by atoms with E-state index in [0.29, 0.717) is 13.1 Å². The van der Waals surface area contributed by atoms with Crippen LogP contribution in [-0.4, -0.2) is 30.5 Å². The van der Waals surface area contributed by atoms with Crippen LogP contribution in [0.15, 0.2) is 54.7 Å². The minimum absolute atomic E-state index is 0.0149. The average molecular weight is 339 g/mol. The number of aromatic amines is 1. The van der Waals surface area contributed by atoms with Gasteiger partial charge in [0.2, 0.25) is 5.91 Å². The van der Waals surface area contributed by atoms with Crippen molar-refractivity contribution < 1.29 is 9.18 Å². The fourth-order valence-corrected chi connectivity index (χ4v) is 2.82. The lowest BCUT2D eigenvalue weighted by molar-refractivity contribution is -0.120. The number of hydrogen-bond acceptors (Lipinski definition) is 2. The molecule has 130 valence electrons. The highest BCUT2D eigenvalue weighted by Crippen LogP contribution is 2.17. The molecule has 25 heavy (non-hydrogen) atoms. The maximum atomic E-state index is 12.8. The molecule has 0 saturated heterocycles. The Labute approximate surface area is 146 Å². The summed E-state index contributed by atoms with van der Waals surface area (Å²) in [6, 6.07) is 14.6. The van der Waals surface area contributed by atoms with Crippen molar-refractivity contribution >= 4 is 16.8 Å². The zero-order valence-corrected chi connectivity index (χ0v) is 14.0. The maximum Gasteiger partial charge on any atom is 0.233 e. The summed E-state index contributed by atoms with van der Waals surface area (Å²) in [6.07, 6.45) is 3.56. The molecule has 0 bridgehead atoms. The van der Waals surface area contributed by atoms with Crippen molar-refractivity contribution in [1.82, 2.24) is 15.6 Å². The van der Waals surface area contributed by atoms with Gasteiger partial charge in [-0.05, 0) is 48.7 Å². The molecule has 1 aromatic heterocycles. The molecule has 3 N–H and O–H groups in total. The summed E-state index contributed by atoms with van der Waals surface area (Å²) >= 11 is 0. The monoisotopic (exact) mass is 339 g/mol. The Hall–Kier alpha value is -2.66. The van der Waals surface area contributed by atoms with Crippen LogP contribution in [0, 0.1) is 5.82 Å². The predicted octanol–water partition coefficient (Wildman–Crippen LogP) is 2.80. The summed E-state index contributed by atoms with van der Waals surface area (Å²) in [5.74, 6) is -0.245. The van der Waals surface area contributed by atoms with E-state index in [4.69, 9.17) is 0 Å². The molecule has 0 spiro atoms. The molecule has 0 atom stereocenters. The van der Waals surface area contributed by atoms with E-state index in [1.54, 1.807) is 12.1 Å². The number of fused-ring (bicyclic) bond motifs is 1. The summed E-state index contributed by atoms with van der Waals surface area (Å²) in [5, 5.41) is 7.24. The third kappa shape index (κ3) is 4.90. The van der Waals surface area contributed by atoms with E-state index >= 15 is 0 Å². The molecule has 0 aliphatic rings. The van der Waals surface area contributed by atoms with Gasteiger partial charge in [-0.2, -0.15) is 0 Å². The summed E-state index contributed by atoms with van der Waals surface area (Å²) in [4.78, 5) is 15.1. The quantitative estimate of drug-likeness (QED) is 0.553. The smallest absolute Gasteiger partial charge is 0.233 e. The van der Waals surface area contributed by atoms with E-state index in [0.717, 1.165) is 23.9 Å². The first-order valence-electron chi connectivity index (χ1n) is 8.49. The molecule has 0 aliphatic heterocycles. The zero-order chi connectivity index (χ0) is 17.5. The molecule has 0 radical (unpaired) electrons. The molecular weight excluding hydrogens is 317 g/mol. The summed E-state index contributed by atoms with van der Waals surface area (Å²) < 4.78 is 12.8. The van der Waals surface area contributed by atoms with Gasteiger partial charge < -0.3 is 15.6 Å². The van der Waals surface area contributed by atoms with Crippen molar-refractivity contribution in [2.75, 3.05) is 19.6 Å². The fraction of sp³-hybridized carbons (Fsp3) is 0.250.